The molecule has 0 bridgehead atoms. The first-order valence-corrected chi connectivity index (χ1v) is 9.47. The molecule has 2 aliphatic heterocycles. The smallest absolute Gasteiger partial charge is 0.318 e. The Hall–Kier alpha value is -2.89. The number of carbonyl (C=O) groups excluding carboxylic acids is 1. The van der Waals surface area contributed by atoms with E-state index >= 15 is 0 Å². The number of rotatable bonds is 2. The van der Waals surface area contributed by atoms with Crippen LogP contribution in [0.4, 0.5) is 4.79 Å². The summed E-state index contributed by atoms with van der Waals surface area (Å²) >= 11 is 0. The van der Waals surface area contributed by atoms with E-state index in [1.807, 2.05) is 45.0 Å². The van der Waals surface area contributed by atoms with Gasteiger partial charge in [-0.25, -0.2) is 4.79 Å². The lowest BCUT2D eigenvalue weighted by Gasteiger charge is -2.49. The summed E-state index contributed by atoms with van der Waals surface area (Å²) in [5.74, 6) is 1.58. The van der Waals surface area contributed by atoms with Crippen molar-refractivity contribution in [3.63, 3.8) is 0 Å². The van der Waals surface area contributed by atoms with E-state index in [-0.39, 0.29) is 17.7 Å². The molecule has 6 nitrogen and oxygen atoms in total. The molecular formula is C22H26N2O4. The summed E-state index contributed by atoms with van der Waals surface area (Å²) in [6.07, 6.45) is 1.21. The molecule has 148 valence electrons. The van der Waals surface area contributed by atoms with Crippen molar-refractivity contribution in [1.29, 1.82) is 0 Å². The molecule has 2 atom stereocenters. The highest BCUT2D eigenvalue weighted by Crippen LogP contribution is 2.49. The number of amides is 2. The standard InChI is InChI=1S/C22H26N2O4/c1-13-9-15(25)10-18-19(13)17(14-5-7-16(27-4)8-6-14)11-22(28-18)12-21(2,3)23-20(26)24-22/h5-10,17,25H,11-12H2,1-4H3,(H2,23,24,26)/t17-,22-/m0/s1. The van der Waals surface area contributed by atoms with Crippen LogP contribution in [0.15, 0.2) is 36.4 Å². The van der Waals surface area contributed by atoms with Crippen molar-refractivity contribution in [3.8, 4) is 17.2 Å². The molecule has 0 unspecified atom stereocenters. The predicted molar refractivity (Wildman–Crippen MR) is 106 cm³/mol. The molecule has 2 aliphatic rings. The summed E-state index contributed by atoms with van der Waals surface area (Å²) in [6, 6.07) is 11.1. The zero-order valence-corrected chi connectivity index (χ0v) is 16.6. The van der Waals surface area contributed by atoms with Crippen molar-refractivity contribution in [1.82, 2.24) is 10.6 Å². The molecule has 2 amide bonds. The van der Waals surface area contributed by atoms with Crippen molar-refractivity contribution in [2.45, 2.75) is 50.8 Å². The Balaban J connectivity index is 1.83. The SMILES string of the molecule is COc1ccc([C@@H]2C[C@@]3(CC(C)(C)NC(=O)N3)Oc3cc(O)cc(C)c32)cc1. The van der Waals surface area contributed by atoms with Gasteiger partial charge in [0.05, 0.1) is 7.11 Å². The van der Waals surface area contributed by atoms with Crippen LogP contribution in [0.3, 0.4) is 0 Å². The fourth-order valence-corrected chi connectivity index (χ4v) is 4.62. The fourth-order valence-electron chi connectivity index (χ4n) is 4.62. The molecule has 28 heavy (non-hydrogen) atoms. The van der Waals surface area contributed by atoms with Crippen LogP contribution in [0.5, 0.6) is 17.2 Å². The van der Waals surface area contributed by atoms with E-state index in [4.69, 9.17) is 9.47 Å². The van der Waals surface area contributed by atoms with E-state index < -0.39 is 11.3 Å². The number of urea groups is 1. The summed E-state index contributed by atoms with van der Waals surface area (Å²) in [5, 5.41) is 16.1. The van der Waals surface area contributed by atoms with Gasteiger partial charge >= 0.3 is 6.03 Å². The van der Waals surface area contributed by atoms with Crippen LogP contribution in [0, 0.1) is 6.92 Å². The van der Waals surface area contributed by atoms with Gasteiger partial charge in [0.25, 0.3) is 0 Å². The highest BCUT2D eigenvalue weighted by Gasteiger charge is 2.50. The number of fused-ring (bicyclic) bond motifs is 1. The Morgan fingerprint density at radius 1 is 1.18 bits per heavy atom. The van der Waals surface area contributed by atoms with Gasteiger partial charge in [0.15, 0.2) is 5.72 Å². The number of nitrogens with one attached hydrogen (secondary N) is 2. The van der Waals surface area contributed by atoms with Crippen LogP contribution in [0.2, 0.25) is 0 Å². The van der Waals surface area contributed by atoms with E-state index in [2.05, 4.69) is 10.6 Å². The number of hydrogen-bond acceptors (Lipinski definition) is 4. The molecule has 6 heteroatoms. The molecule has 0 radical (unpaired) electrons. The number of phenolic OH excluding ortho intramolecular Hbond substituents is 1. The Bertz CT molecular complexity index is 923. The van der Waals surface area contributed by atoms with Crippen molar-refractivity contribution in [3.05, 3.63) is 53.1 Å². The quantitative estimate of drug-likeness (QED) is 0.738. The zero-order chi connectivity index (χ0) is 20.1. The van der Waals surface area contributed by atoms with Crippen LogP contribution in [0.25, 0.3) is 0 Å². The number of carbonyl (C=O) groups is 1. The number of ether oxygens (including phenoxy) is 2. The normalized spacial score (nSPS) is 25.3. The highest BCUT2D eigenvalue weighted by atomic mass is 16.5. The minimum absolute atomic E-state index is 0.0180. The number of aryl methyl sites for hydroxylation is 1. The lowest BCUT2D eigenvalue weighted by molar-refractivity contribution is -0.0237. The Labute approximate surface area is 164 Å². The van der Waals surface area contributed by atoms with Crippen LogP contribution in [-0.2, 0) is 0 Å². The van der Waals surface area contributed by atoms with Crippen molar-refractivity contribution < 1.29 is 19.4 Å². The molecule has 1 spiro atoms. The molecule has 2 aromatic rings. The highest BCUT2D eigenvalue weighted by molar-refractivity contribution is 5.77. The minimum atomic E-state index is -0.844. The number of aromatic hydroxyl groups is 1. The van der Waals surface area contributed by atoms with Gasteiger partial charge in [-0.2, -0.15) is 0 Å². The van der Waals surface area contributed by atoms with Crippen LogP contribution >= 0.6 is 0 Å². The van der Waals surface area contributed by atoms with E-state index in [0.29, 0.717) is 18.6 Å². The first kappa shape index (κ1) is 18.5. The lowest BCUT2D eigenvalue weighted by atomic mass is 9.76. The van der Waals surface area contributed by atoms with Crippen LogP contribution < -0.4 is 20.1 Å². The fraction of sp³-hybridized carbons (Fsp3) is 0.409. The zero-order valence-electron chi connectivity index (χ0n) is 16.6. The first-order valence-electron chi connectivity index (χ1n) is 9.47. The summed E-state index contributed by atoms with van der Waals surface area (Å²) in [4.78, 5) is 12.4. The van der Waals surface area contributed by atoms with Gasteiger partial charge < -0.3 is 25.2 Å². The third-order valence-corrected chi connectivity index (χ3v) is 5.56. The average molecular weight is 382 g/mol. The van der Waals surface area contributed by atoms with Crippen LogP contribution in [-0.4, -0.2) is 29.5 Å². The third kappa shape index (κ3) is 3.23. The predicted octanol–water partition coefficient (Wildman–Crippen LogP) is 3.80. The maximum Gasteiger partial charge on any atom is 0.318 e. The van der Waals surface area contributed by atoms with Gasteiger partial charge in [0.1, 0.15) is 17.2 Å². The Morgan fingerprint density at radius 3 is 2.54 bits per heavy atom. The molecule has 2 heterocycles. The van der Waals surface area contributed by atoms with Crippen molar-refractivity contribution >= 4 is 6.03 Å². The van der Waals surface area contributed by atoms with E-state index in [1.54, 1.807) is 19.2 Å². The second kappa shape index (κ2) is 6.33. The molecule has 3 N–H and O–H groups in total. The summed E-state index contributed by atoms with van der Waals surface area (Å²) in [6.45, 7) is 5.95. The summed E-state index contributed by atoms with van der Waals surface area (Å²) in [7, 11) is 1.65. The van der Waals surface area contributed by atoms with Gasteiger partial charge in [-0.1, -0.05) is 12.1 Å². The number of phenols is 1. The number of methoxy groups -OCH3 is 1. The second-order valence-electron chi connectivity index (χ2n) is 8.44. The third-order valence-electron chi connectivity index (χ3n) is 5.56. The van der Waals surface area contributed by atoms with E-state index in [1.165, 1.54) is 0 Å². The maximum absolute atomic E-state index is 12.4. The molecule has 1 fully saturated rings. The monoisotopic (exact) mass is 382 g/mol. The van der Waals surface area contributed by atoms with Crippen molar-refractivity contribution in [2.75, 3.05) is 7.11 Å². The number of benzene rings is 2. The van der Waals surface area contributed by atoms with Gasteiger partial charge in [-0.15, -0.1) is 0 Å². The van der Waals surface area contributed by atoms with Gasteiger partial charge in [-0.3, -0.25) is 0 Å². The topological polar surface area (TPSA) is 79.8 Å². The van der Waals surface area contributed by atoms with E-state index in [9.17, 15) is 9.90 Å². The second-order valence-corrected chi connectivity index (χ2v) is 8.44. The lowest BCUT2D eigenvalue weighted by Crippen LogP contribution is -2.69. The average Bonchev–Trinajstić information content (AvgIpc) is 2.58. The molecule has 0 aromatic heterocycles. The van der Waals surface area contributed by atoms with Gasteiger partial charge in [0.2, 0.25) is 0 Å². The molecule has 0 saturated carbocycles. The van der Waals surface area contributed by atoms with Gasteiger partial charge in [0, 0.05) is 35.9 Å². The summed E-state index contributed by atoms with van der Waals surface area (Å²) < 4.78 is 11.7. The molecule has 1 saturated heterocycles. The van der Waals surface area contributed by atoms with E-state index in [0.717, 1.165) is 22.4 Å². The maximum atomic E-state index is 12.4. The first-order chi connectivity index (χ1) is 13.2. The Morgan fingerprint density at radius 2 is 1.89 bits per heavy atom. The molecular weight excluding hydrogens is 356 g/mol. The Kier molecular flexibility index (Phi) is 4.17. The molecule has 4 rings (SSSR count). The minimum Gasteiger partial charge on any atom is -0.508 e. The number of hydrogen-bond donors (Lipinski definition) is 3. The van der Waals surface area contributed by atoms with Gasteiger partial charge in [-0.05, 0) is 50.1 Å². The largest absolute Gasteiger partial charge is 0.508 e. The summed E-state index contributed by atoms with van der Waals surface area (Å²) in [5.41, 5.74) is 1.87. The molecule has 2 aromatic carbocycles. The van der Waals surface area contributed by atoms with Crippen molar-refractivity contribution in [2.24, 2.45) is 0 Å². The molecule has 0 aliphatic carbocycles. The van der Waals surface area contributed by atoms with Crippen LogP contribution in [0.1, 0.15) is 49.3 Å².